The second-order valence-corrected chi connectivity index (χ2v) is 7.14. The van der Waals surface area contributed by atoms with Gasteiger partial charge in [-0.1, -0.05) is 0 Å². The smallest absolute Gasteiger partial charge is 0.306 e. The van der Waals surface area contributed by atoms with Gasteiger partial charge in [-0.15, -0.1) is 11.3 Å². The average Bonchev–Trinajstić information content (AvgIpc) is 3.03. The molecular formula is C16H19N3O4S. The number of carboxylic acids is 1. The molecular weight excluding hydrogens is 330 g/mol. The molecule has 1 amide bonds. The summed E-state index contributed by atoms with van der Waals surface area (Å²) in [5, 5.41) is 10.8. The standard InChI is InChI=1S/C16H19N3O4S/c1-19(15(21)9-2-4-10(5-3-9)16(22)23)8-12-17-11-6-7-24-13(11)14(20)18-12/h6-7,9-10H,2-5,8H2,1H3,(H,22,23)(H,17,18,20). The third kappa shape index (κ3) is 3.33. The molecule has 2 aromatic heterocycles. The van der Waals surface area contributed by atoms with Gasteiger partial charge in [0.05, 0.1) is 18.0 Å². The van der Waals surface area contributed by atoms with Crippen LogP contribution in [0.15, 0.2) is 16.2 Å². The van der Waals surface area contributed by atoms with E-state index in [1.807, 2.05) is 5.38 Å². The number of carbonyl (C=O) groups is 2. The Kier molecular flexibility index (Phi) is 4.66. The van der Waals surface area contributed by atoms with Crippen molar-refractivity contribution < 1.29 is 14.7 Å². The van der Waals surface area contributed by atoms with Crippen molar-refractivity contribution in [1.82, 2.24) is 14.9 Å². The van der Waals surface area contributed by atoms with Crippen LogP contribution in [-0.2, 0) is 16.1 Å². The van der Waals surface area contributed by atoms with E-state index in [1.165, 1.54) is 11.3 Å². The number of carbonyl (C=O) groups excluding carboxylic acids is 1. The first-order chi connectivity index (χ1) is 11.5. The van der Waals surface area contributed by atoms with Gasteiger partial charge in [-0.2, -0.15) is 0 Å². The summed E-state index contributed by atoms with van der Waals surface area (Å²) in [5.41, 5.74) is 0.453. The molecule has 0 saturated heterocycles. The molecule has 7 nitrogen and oxygen atoms in total. The zero-order valence-electron chi connectivity index (χ0n) is 13.3. The average molecular weight is 349 g/mol. The van der Waals surface area contributed by atoms with E-state index in [4.69, 9.17) is 5.11 Å². The molecule has 0 spiro atoms. The van der Waals surface area contributed by atoms with Gasteiger partial charge in [-0.05, 0) is 37.1 Å². The molecule has 0 aromatic carbocycles. The second-order valence-electron chi connectivity index (χ2n) is 6.23. The number of hydrogen-bond acceptors (Lipinski definition) is 5. The van der Waals surface area contributed by atoms with Crippen molar-refractivity contribution in [3.63, 3.8) is 0 Å². The summed E-state index contributed by atoms with van der Waals surface area (Å²) >= 11 is 1.34. The normalized spacial score (nSPS) is 20.9. The van der Waals surface area contributed by atoms with E-state index in [0.29, 0.717) is 41.7 Å². The largest absolute Gasteiger partial charge is 0.481 e. The Morgan fingerprint density at radius 2 is 2.00 bits per heavy atom. The van der Waals surface area contributed by atoms with Crippen molar-refractivity contribution in [2.45, 2.75) is 32.2 Å². The van der Waals surface area contributed by atoms with Crippen LogP contribution in [-0.4, -0.2) is 38.9 Å². The monoisotopic (exact) mass is 349 g/mol. The minimum Gasteiger partial charge on any atom is -0.481 e. The Balaban J connectivity index is 1.65. The number of aliphatic carboxylic acids is 1. The Morgan fingerprint density at radius 1 is 1.33 bits per heavy atom. The molecule has 0 bridgehead atoms. The summed E-state index contributed by atoms with van der Waals surface area (Å²) in [6, 6.07) is 1.79. The predicted octanol–water partition coefficient (Wildman–Crippen LogP) is 1.83. The van der Waals surface area contributed by atoms with Crippen LogP contribution in [0.25, 0.3) is 10.2 Å². The number of nitrogens with zero attached hydrogens (tertiary/aromatic N) is 2. The second kappa shape index (κ2) is 6.72. The Hall–Kier alpha value is -2.22. The lowest BCUT2D eigenvalue weighted by Gasteiger charge is -2.28. The van der Waals surface area contributed by atoms with Crippen molar-refractivity contribution in [2.75, 3.05) is 7.05 Å². The summed E-state index contributed by atoms with van der Waals surface area (Å²) in [6.07, 6.45) is 2.26. The maximum Gasteiger partial charge on any atom is 0.306 e. The van der Waals surface area contributed by atoms with Crippen LogP contribution in [0.2, 0.25) is 0 Å². The highest BCUT2D eigenvalue weighted by Crippen LogP contribution is 2.30. The molecule has 2 heterocycles. The number of carboxylic acid groups (broad SMARTS) is 1. The Morgan fingerprint density at radius 3 is 2.67 bits per heavy atom. The quantitative estimate of drug-likeness (QED) is 0.876. The fourth-order valence-corrected chi connectivity index (χ4v) is 3.92. The van der Waals surface area contributed by atoms with Crippen molar-refractivity contribution in [1.29, 1.82) is 0 Å². The van der Waals surface area contributed by atoms with E-state index >= 15 is 0 Å². The fraction of sp³-hybridized carbons (Fsp3) is 0.500. The highest BCUT2D eigenvalue weighted by atomic mass is 32.1. The van der Waals surface area contributed by atoms with Gasteiger partial charge >= 0.3 is 5.97 Å². The number of thiophene rings is 1. The van der Waals surface area contributed by atoms with Gasteiger partial charge in [-0.3, -0.25) is 14.4 Å². The SMILES string of the molecule is CN(Cc1nc2ccsc2c(=O)[nH]1)C(=O)C1CCC(C(=O)O)CC1. The van der Waals surface area contributed by atoms with Crippen LogP contribution < -0.4 is 5.56 Å². The lowest BCUT2D eigenvalue weighted by atomic mass is 9.81. The van der Waals surface area contributed by atoms with Crippen molar-refractivity contribution >= 4 is 33.4 Å². The zero-order chi connectivity index (χ0) is 17.3. The molecule has 2 N–H and O–H groups in total. The molecule has 8 heteroatoms. The molecule has 128 valence electrons. The molecule has 0 aliphatic heterocycles. The van der Waals surface area contributed by atoms with Gasteiger partial charge in [0.2, 0.25) is 5.91 Å². The summed E-state index contributed by atoms with van der Waals surface area (Å²) < 4.78 is 0.583. The fourth-order valence-electron chi connectivity index (χ4n) is 3.20. The first-order valence-electron chi connectivity index (χ1n) is 7.90. The van der Waals surface area contributed by atoms with E-state index < -0.39 is 5.97 Å². The first kappa shape index (κ1) is 16.6. The van der Waals surface area contributed by atoms with Crippen molar-refractivity contribution in [3.05, 3.63) is 27.6 Å². The number of fused-ring (bicyclic) bond motifs is 1. The molecule has 1 aliphatic carbocycles. The van der Waals surface area contributed by atoms with Crippen molar-refractivity contribution in [2.24, 2.45) is 11.8 Å². The number of nitrogens with one attached hydrogen (secondary N) is 1. The molecule has 0 radical (unpaired) electrons. The van der Waals surface area contributed by atoms with E-state index in [9.17, 15) is 14.4 Å². The Bertz CT molecular complexity index is 820. The molecule has 1 fully saturated rings. The van der Waals surface area contributed by atoms with Gasteiger partial charge < -0.3 is 15.0 Å². The summed E-state index contributed by atoms with van der Waals surface area (Å²) in [5.74, 6) is -0.825. The number of aromatic amines is 1. The summed E-state index contributed by atoms with van der Waals surface area (Å²) in [6.45, 7) is 0.235. The number of aromatic nitrogens is 2. The molecule has 3 rings (SSSR count). The van der Waals surface area contributed by atoms with Crippen LogP contribution in [0.3, 0.4) is 0 Å². The number of amides is 1. The van der Waals surface area contributed by atoms with Crippen LogP contribution in [0.4, 0.5) is 0 Å². The molecule has 1 saturated carbocycles. The maximum atomic E-state index is 12.5. The Labute approximate surface area is 142 Å². The number of rotatable bonds is 4. The first-order valence-corrected chi connectivity index (χ1v) is 8.78. The molecule has 0 unspecified atom stereocenters. The number of H-pyrrole nitrogens is 1. The summed E-state index contributed by atoms with van der Waals surface area (Å²) in [4.78, 5) is 44.2. The molecule has 0 atom stereocenters. The van der Waals surface area contributed by atoms with Crippen molar-refractivity contribution in [3.8, 4) is 0 Å². The molecule has 24 heavy (non-hydrogen) atoms. The van der Waals surface area contributed by atoms with Gasteiger partial charge in [0.25, 0.3) is 5.56 Å². The van der Waals surface area contributed by atoms with Gasteiger partial charge in [0, 0.05) is 13.0 Å². The highest BCUT2D eigenvalue weighted by molar-refractivity contribution is 7.17. The third-order valence-electron chi connectivity index (χ3n) is 4.55. The highest BCUT2D eigenvalue weighted by Gasteiger charge is 2.31. The maximum absolute atomic E-state index is 12.5. The zero-order valence-corrected chi connectivity index (χ0v) is 14.1. The predicted molar refractivity (Wildman–Crippen MR) is 89.8 cm³/mol. The number of hydrogen-bond donors (Lipinski definition) is 2. The van der Waals surface area contributed by atoms with E-state index in [-0.39, 0.29) is 29.8 Å². The lowest BCUT2D eigenvalue weighted by Crippen LogP contribution is -2.36. The van der Waals surface area contributed by atoms with Gasteiger partial charge in [0.1, 0.15) is 10.5 Å². The third-order valence-corrected chi connectivity index (χ3v) is 5.46. The van der Waals surface area contributed by atoms with Crippen LogP contribution in [0.1, 0.15) is 31.5 Å². The molecule has 1 aliphatic rings. The minimum atomic E-state index is -0.778. The van der Waals surface area contributed by atoms with E-state index in [1.54, 1.807) is 18.0 Å². The topological polar surface area (TPSA) is 103 Å². The minimum absolute atomic E-state index is 0.0214. The van der Waals surface area contributed by atoms with E-state index in [0.717, 1.165) is 0 Å². The summed E-state index contributed by atoms with van der Waals surface area (Å²) in [7, 11) is 1.68. The van der Waals surface area contributed by atoms with Crippen LogP contribution in [0, 0.1) is 11.8 Å². The van der Waals surface area contributed by atoms with E-state index in [2.05, 4.69) is 9.97 Å². The lowest BCUT2D eigenvalue weighted by molar-refractivity contribution is -0.145. The van der Waals surface area contributed by atoms with Crippen LogP contribution in [0.5, 0.6) is 0 Å². The van der Waals surface area contributed by atoms with Gasteiger partial charge in [0.15, 0.2) is 0 Å². The molecule has 2 aromatic rings. The van der Waals surface area contributed by atoms with Crippen LogP contribution >= 0.6 is 11.3 Å². The van der Waals surface area contributed by atoms with Gasteiger partial charge in [-0.25, -0.2) is 4.98 Å².